The summed E-state index contributed by atoms with van der Waals surface area (Å²) in [5.41, 5.74) is 0.803. The van der Waals surface area contributed by atoms with Crippen LogP contribution in [-0.2, 0) is 0 Å². The summed E-state index contributed by atoms with van der Waals surface area (Å²) in [5.74, 6) is -0.00609. The van der Waals surface area contributed by atoms with E-state index in [0.717, 1.165) is 5.69 Å². The van der Waals surface area contributed by atoms with Gasteiger partial charge in [-0.3, -0.25) is 4.98 Å². The second kappa shape index (κ2) is 5.92. The van der Waals surface area contributed by atoms with E-state index in [9.17, 15) is 4.39 Å². The highest BCUT2D eigenvalue weighted by Crippen LogP contribution is 2.20. The number of aliphatic hydroxyl groups is 1. The number of hydrogen-bond donors (Lipinski definition) is 2. The minimum atomic E-state index is -0.332. The monoisotopic (exact) mass is 226 g/mol. The van der Waals surface area contributed by atoms with Gasteiger partial charge in [0.2, 0.25) is 0 Å². The minimum Gasteiger partial charge on any atom is -0.395 e. The van der Waals surface area contributed by atoms with Gasteiger partial charge in [-0.2, -0.15) is 0 Å². The summed E-state index contributed by atoms with van der Waals surface area (Å²) in [6.45, 7) is 6.10. The molecule has 3 nitrogen and oxygen atoms in total. The smallest absolute Gasteiger partial charge is 0.141 e. The van der Waals surface area contributed by atoms with E-state index in [1.807, 2.05) is 6.92 Å². The van der Waals surface area contributed by atoms with Crippen molar-refractivity contribution in [3.05, 3.63) is 29.8 Å². The Morgan fingerprint density at radius 1 is 1.38 bits per heavy atom. The molecule has 1 heterocycles. The first-order valence-corrected chi connectivity index (χ1v) is 5.53. The van der Waals surface area contributed by atoms with E-state index in [0.29, 0.717) is 5.92 Å². The van der Waals surface area contributed by atoms with Crippen LogP contribution in [0.15, 0.2) is 18.3 Å². The van der Waals surface area contributed by atoms with Crippen LogP contribution in [0.25, 0.3) is 0 Å². The maximum absolute atomic E-state index is 12.8. The van der Waals surface area contributed by atoms with Crippen molar-refractivity contribution in [2.75, 3.05) is 6.61 Å². The number of nitrogens with zero attached hydrogens (tertiary/aromatic N) is 1. The van der Waals surface area contributed by atoms with Crippen LogP contribution in [0, 0.1) is 11.7 Å². The van der Waals surface area contributed by atoms with Crippen LogP contribution in [0.2, 0.25) is 0 Å². The molecule has 0 amide bonds. The summed E-state index contributed by atoms with van der Waals surface area (Å²) in [5, 5.41) is 12.3. The van der Waals surface area contributed by atoms with Gasteiger partial charge in [0, 0.05) is 6.04 Å². The average Bonchev–Trinajstić information content (AvgIpc) is 2.26. The maximum Gasteiger partial charge on any atom is 0.141 e. The van der Waals surface area contributed by atoms with E-state index < -0.39 is 0 Å². The highest BCUT2D eigenvalue weighted by atomic mass is 19.1. The fraction of sp³-hybridized carbons (Fsp3) is 0.583. The molecule has 16 heavy (non-hydrogen) atoms. The van der Waals surface area contributed by atoms with Crippen molar-refractivity contribution in [1.82, 2.24) is 10.3 Å². The third kappa shape index (κ3) is 3.54. The molecule has 0 spiro atoms. The third-order valence-electron chi connectivity index (χ3n) is 2.47. The number of halogens is 1. The molecular formula is C12H19FN2O. The van der Waals surface area contributed by atoms with Gasteiger partial charge in [-0.1, -0.05) is 13.8 Å². The van der Waals surface area contributed by atoms with E-state index >= 15 is 0 Å². The van der Waals surface area contributed by atoms with Gasteiger partial charge in [0.1, 0.15) is 5.82 Å². The molecule has 0 saturated heterocycles. The Morgan fingerprint density at radius 2 is 2.06 bits per heavy atom. The molecule has 1 aromatic rings. The Labute approximate surface area is 95.7 Å². The first kappa shape index (κ1) is 13.1. The second-order valence-electron chi connectivity index (χ2n) is 4.37. The molecule has 0 bridgehead atoms. The van der Waals surface area contributed by atoms with Gasteiger partial charge in [-0.05, 0) is 25.0 Å². The molecule has 0 saturated carbocycles. The molecule has 0 aliphatic rings. The van der Waals surface area contributed by atoms with Gasteiger partial charge >= 0.3 is 0 Å². The maximum atomic E-state index is 12.8. The first-order chi connectivity index (χ1) is 7.54. The number of nitrogens with one attached hydrogen (secondary N) is 1. The zero-order valence-corrected chi connectivity index (χ0v) is 9.94. The summed E-state index contributed by atoms with van der Waals surface area (Å²) in [6, 6.07) is 3.11. The molecule has 1 rings (SSSR count). The Bertz CT molecular complexity index is 313. The van der Waals surface area contributed by atoms with Crippen molar-refractivity contribution in [2.24, 2.45) is 5.92 Å². The highest BCUT2D eigenvalue weighted by molar-refractivity contribution is 5.10. The molecule has 0 radical (unpaired) electrons. The van der Waals surface area contributed by atoms with E-state index in [4.69, 9.17) is 5.11 Å². The Balaban J connectivity index is 2.81. The summed E-state index contributed by atoms with van der Waals surface area (Å²) in [7, 11) is 0. The largest absolute Gasteiger partial charge is 0.395 e. The molecule has 0 fully saturated rings. The summed E-state index contributed by atoms with van der Waals surface area (Å²) in [6.07, 6.45) is 1.22. The van der Waals surface area contributed by atoms with Crippen LogP contribution in [0.4, 0.5) is 4.39 Å². The SMILES string of the molecule is CC(C)C(N[C@@H](C)CO)c1ccc(F)cn1. The lowest BCUT2D eigenvalue weighted by molar-refractivity contribution is 0.228. The molecule has 4 heteroatoms. The highest BCUT2D eigenvalue weighted by Gasteiger charge is 2.18. The van der Waals surface area contributed by atoms with Crippen LogP contribution >= 0.6 is 0 Å². The van der Waals surface area contributed by atoms with Crippen LogP contribution in [0.1, 0.15) is 32.5 Å². The minimum absolute atomic E-state index is 0.000692. The van der Waals surface area contributed by atoms with Gasteiger partial charge in [-0.15, -0.1) is 0 Å². The standard InChI is InChI=1S/C12H19FN2O/c1-8(2)12(15-9(3)7-16)11-5-4-10(13)6-14-11/h4-6,8-9,12,15-16H,7H2,1-3H3/t9-,12?/m0/s1. The lowest BCUT2D eigenvalue weighted by atomic mass is 9.99. The molecule has 90 valence electrons. The number of aromatic nitrogens is 1. The molecule has 1 unspecified atom stereocenters. The van der Waals surface area contributed by atoms with Crippen LogP contribution in [0.3, 0.4) is 0 Å². The third-order valence-corrected chi connectivity index (χ3v) is 2.47. The van der Waals surface area contributed by atoms with Crippen LogP contribution < -0.4 is 5.32 Å². The Kier molecular flexibility index (Phi) is 4.83. The zero-order chi connectivity index (χ0) is 12.1. The van der Waals surface area contributed by atoms with E-state index in [1.54, 1.807) is 6.07 Å². The molecule has 1 aromatic heterocycles. The lowest BCUT2D eigenvalue weighted by Gasteiger charge is -2.25. The lowest BCUT2D eigenvalue weighted by Crippen LogP contribution is -2.36. The average molecular weight is 226 g/mol. The van der Waals surface area contributed by atoms with Crippen molar-refractivity contribution in [3.63, 3.8) is 0 Å². The fourth-order valence-electron chi connectivity index (χ4n) is 1.55. The number of hydrogen-bond acceptors (Lipinski definition) is 3. The normalized spacial score (nSPS) is 15.1. The molecular weight excluding hydrogens is 207 g/mol. The molecule has 0 aliphatic heterocycles. The molecule has 0 aliphatic carbocycles. The van der Waals surface area contributed by atoms with E-state index in [1.165, 1.54) is 12.3 Å². The number of pyridine rings is 1. The van der Waals surface area contributed by atoms with Gasteiger partial charge < -0.3 is 10.4 Å². The topological polar surface area (TPSA) is 45.1 Å². The molecule has 2 N–H and O–H groups in total. The summed E-state index contributed by atoms with van der Waals surface area (Å²) >= 11 is 0. The second-order valence-corrected chi connectivity index (χ2v) is 4.37. The number of aliphatic hydroxyl groups excluding tert-OH is 1. The van der Waals surface area contributed by atoms with Crippen molar-refractivity contribution in [2.45, 2.75) is 32.9 Å². The number of rotatable bonds is 5. The predicted molar refractivity (Wildman–Crippen MR) is 61.5 cm³/mol. The van der Waals surface area contributed by atoms with E-state index in [2.05, 4.69) is 24.1 Å². The van der Waals surface area contributed by atoms with Crippen LogP contribution in [0.5, 0.6) is 0 Å². The summed E-state index contributed by atoms with van der Waals surface area (Å²) in [4.78, 5) is 4.07. The van der Waals surface area contributed by atoms with Crippen LogP contribution in [-0.4, -0.2) is 22.7 Å². The Morgan fingerprint density at radius 3 is 2.50 bits per heavy atom. The molecule has 2 atom stereocenters. The fourth-order valence-corrected chi connectivity index (χ4v) is 1.55. The van der Waals surface area contributed by atoms with Gasteiger partial charge in [0.25, 0.3) is 0 Å². The van der Waals surface area contributed by atoms with Gasteiger partial charge in [0.15, 0.2) is 0 Å². The van der Waals surface area contributed by atoms with E-state index in [-0.39, 0.29) is 24.5 Å². The van der Waals surface area contributed by atoms with Crippen molar-refractivity contribution < 1.29 is 9.50 Å². The zero-order valence-electron chi connectivity index (χ0n) is 9.94. The molecule has 0 aromatic carbocycles. The van der Waals surface area contributed by atoms with Gasteiger partial charge in [0.05, 0.1) is 24.5 Å². The predicted octanol–water partition coefficient (Wildman–Crippen LogP) is 1.89. The first-order valence-electron chi connectivity index (χ1n) is 5.53. The quantitative estimate of drug-likeness (QED) is 0.806. The Hall–Kier alpha value is -1.00. The van der Waals surface area contributed by atoms with Crippen molar-refractivity contribution >= 4 is 0 Å². The van der Waals surface area contributed by atoms with Crippen molar-refractivity contribution in [1.29, 1.82) is 0 Å². The van der Waals surface area contributed by atoms with Crippen molar-refractivity contribution in [3.8, 4) is 0 Å². The summed E-state index contributed by atoms with van der Waals surface area (Å²) < 4.78 is 12.8. The van der Waals surface area contributed by atoms with Gasteiger partial charge in [-0.25, -0.2) is 4.39 Å².